The maximum absolute atomic E-state index is 5.80. The molecule has 0 radical (unpaired) electrons. The Kier molecular flexibility index (Phi) is 2.75. The van der Waals surface area contributed by atoms with E-state index in [1.54, 1.807) is 0 Å². The van der Waals surface area contributed by atoms with E-state index in [0.717, 1.165) is 5.56 Å². The Morgan fingerprint density at radius 3 is 2.75 bits per heavy atom. The maximum Gasteiger partial charge on any atom is 0.162 e. The number of aromatic nitrogens is 2. The van der Waals surface area contributed by atoms with Gasteiger partial charge in [0.2, 0.25) is 0 Å². The molecule has 3 rings (SSSR count). The number of hydrogen-bond acceptors (Lipinski definition) is 3. The minimum atomic E-state index is -0.313. The fourth-order valence-electron chi connectivity index (χ4n) is 1.71. The van der Waals surface area contributed by atoms with Crippen molar-refractivity contribution >= 4 is 34.2 Å². The van der Waals surface area contributed by atoms with E-state index < -0.39 is 0 Å². The average Bonchev–Trinajstić information content (AvgIpc) is 3.05. The van der Waals surface area contributed by atoms with Crippen molar-refractivity contribution in [2.24, 2.45) is 10.2 Å². The quantitative estimate of drug-likeness (QED) is 0.349. The normalized spacial score (nSPS) is 28.6. The third-order valence-corrected chi connectivity index (χ3v) is 4.08. The Morgan fingerprint density at radius 2 is 2.12 bits per heavy atom. The molecule has 84 valence electrons. The van der Waals surface area contributed by atoms with Gasteiger partial charge >= 0.3 is 0 Å². The number of azo groups is 1. The van der Waals surface area contributed by atoms with Crippen LogP contribution in [0.2, 0.25) is 0 Å². The van der Waals surface area contributed by atoms with Gasteiger partial charge in [0, 0.05) is 5.56 Å². The summed E-state index contributed by atoms with van der Waals surface area (Å²) in [5, 5.41) is 12.6. The molecule has 2 unspecified atom stereocenters. The zero-order valence-electron chi connectivity index (χ0n) is 8.42. The molecule has 0 N–H and O–H groups in total. The van der Waals surface area contributed by atoms with Crippen molar-refractivity contribution in [2.75, 3.05) is 0 Å². The van der Waals surface area contributed by atoms with E-state index in [1.165, 1.54) is 16.5 Å². The molecule has 1 fully saturated rings. The molecule has 2 atom stereocenters. The van der Waals surface area contributed by atoms with Gasteiger partial charge < -0.3 is 0 Å². The summed E-state index contributed by atoms with van der Waals surface area (Å²) in [5.41, 5.74) is 0.809. The molecule has 1 aliphatic heterocycles. The number of nitrogens with zero attached hydrogens (tertiary/aromatic N) is 4. The molecule has 1 aromatic rings. The molecule has 6 heteroatoms. The minimum Gasteiger partial charge on any atom is -0.256 e. The van der Waals surface area contributed by atoms with Crippen molar-refractivity contribution in [1.82, 2.24) is 9.78 Å². The lowest BCUT2D eigenvalue weighted by molar-refractivity contribution is 0.622. The van der Waals surface area contributed by atoms with Gasteiger partial charge in [-0.15, -0.1) is 0 Å². The molecular weight excluding hydrogens is 338 g/mol. The van der Waals surface area contributed by atoms with E-state index in [-0.39, 0.29) is 11.5 Å². The SMILES string of the molecule is ClC1C=CC(c2cnn(C3CC3)c2I)N=N1. The Balaban J connectivity index is 1.89. The molecule has 0 amide bonds. The molecule has 0 saturated heterocycles. The lowest BCUT2D eigenvalue weighted by Gasteiger charge is -2.10. The molecule has 1 aromatic heterocycles. The summed E-state index contributed by atoms with van der Waals surface area (Å²) in [6, 6.07) is 0.584. The van der Waals surface area contributed by atoms with Crippen LogP contribution in [0, 0.1) is 3.70 Å². The zero-order valence-corrected chi connectivity index (χ0v) is 11.3. The van der Waals surface area contributed by atoms with Crippen molar-refractivity contribution < 1.29 is 0 Å². The van der Waals surface area contributed by atoms with Crippen LogP contribution in [0.1, 0.15) is 30.5 Å². The van der Waals surface area contributed by atoms with Crippen LogP contribution in [-0.4, -0.2) is 15.3 Å². The van der Waals surface area contributed by atoms with Gasteiger partial charge in [-0.3, -0.25) is 4.68 Å². The van der Waals surface area contributed by atoms with Crippen LogP contribution in [0.15, 0.2) is 28.6 Å². The molecule has 1 saturated carbocycles. The molecule has 4 nitrogen and oxygen atoms in total. The van der Waals surface area contributed by atoms with E-state index in [1.807, 2.05) is 18.3 Å². The van der Waals surface area contributed by atoms with Gasteiger partial charge in [-0.25, -0.2) is 0 Å². The first-order valence-corrected chi connectivity index (χ1v) is 6.72. The first-order valence-electron chi connectivity index (χ1n) is 5.21. The average molecular weight is 349 g/mol. The Morgan fingerprint density at radius 1 is 1.31 bits per heavy atom. The second kappa shape index (κ2) is 4.10. The van der Waals surface area contributed by atoms with Crippen LogP contribution in [0.3, 0.4) is 0 Å². The number of halogens is 2. The van der Waals surface area contributed by atoms with Crippen molar-refractivity contribution in [3.63, 3.8) is 0 Å². The topological polar surface area (TPSA) is 42.5 Å². The highest BCUT2D eigenvalue weighted by atomic mass is 127. The summed E-state index contributed by atoms with van der Waals surface area (Å²) >= 11 is 8.14. The van der Waals surface area contributed by atoms with Gasteiger partial charge in [-0.1, -0.05) is 17.7 Å². The molecule has 1 aliphatic carbocycles. The van der Waals surface area contributed by atoms with Crippen molar-refractivity contribution in [2.45, 2.75) is 30.4 Å². The summed E-state index contributed by atoms with van der Waals surface area (Å²) in [4.78, 5) is 0. The third-order valence-electron chi connectivity index (χ3n) is 2.73. The fraction of sp³-hybridized carbons (Fsp3) is 0.500. The first kappa shape index (κ1) is 10.7. The highest BCUT2D eigenvalue weighted by Crippen LogP contribution is 2.38. The van der Waals surface area contributed by atoms with Crippen molar-refractivity contribution in [1.29, 1.82) is 0 Å². The maximum atomic E-state index is 5.80. The van der Waals surface area contributed by atoms with Crippen molar-refractivity contribution in [3.05, 3.63) is 27.6 Å². The minimum absolute atomic E-state index is 0.0191. The Bertz CT molecular complexity index is 449. The van der Waals surface area contributed by atoms with E-state index in [4.69, 9.17) is 11.6 Å². The highest BCUT2D eigenvalue weighted by molar-refractivity contribution is 14.1. The van der Waals surface area contributed by atoms with Gasteiger partial charge in [0.25, 0.3) is 0 Å². The monoisotopic (exact) mass is 348 g/mol. The zero-order chi connectivity index (χ0) is 11.1. The van der Waals surface area contributed by atoms with E-state index in [0.29, 0.717) is 6.04 Å². The summed E-state index contributed by atoms with van der Waals surface area (Å²) in [7, 11) is 0. The van der Waals surface area contributed by atoms with Gasteiger partial charge in [-0.05, 0) is 41.5 Å². The van der Waals surface area contributed by atoms with Gasteiger partial charge in [0.05, 0.1) is 12.2 Å². The molecule has 0 aromatic carbocycles. The predicted octanol–water partition coefficient (Wildman–Crippen LogP) is 3.45. The van der Waals surface area contributed by atoms with E-state index in [9.17, 15) is 0 Å². The lowest BCUT2D eigenvalue weighted by atomic mass is 10.1. The fourth-order valence-corrected chi connectivity index (χ4v) is 2.82. The van der Waals surface area contributed by atoms with Crippen LogP contribution < -0.4 is 0 Å². The smallest absolute Gasteiger partial charge is 0.162 e. The van der Waals surface area contributed by atoms with E-state index in [2.05, 4.69) is 42.6 Å². The number of alkyl halides is 1. The molecule has 0 spiro atoms. The second-order valence-corrected chi connectivity index (χ2v) is 5.47. The van der Waals surface area contributed by atoms with Crippen LogP contribution in [0.4, 0.5) is 0 Å². The second-order valence-electron chi connectivity index (χ2n) is 4.00. The van der Waals surface area contributed by atoms with Crippen LogP contribution >= 0.6 is 34.2 Å². The predicted molar refractivity (Wildman–Crippen MR) is 69.6 cm³/mol. The molecule has 2 aliphatic rings. The summed E-state index contributed by atoms with van der Waals surface area (Å²) in [6.45, 7) is 0. The molecular formula is C10H10ClIN4. The van der Waals surface area contributed by atoms with Crippen LogP contribution in [0.5, 0.6) is 0 Å². The van der Waals surface area contributed by atoms with Crippen LogP contribution in [0.25, 0.3) is 0 Å². The Hall–Kier alpha value is -0.430. The molecule has 2 heterocycles. The lowest BCUT2D eigenvalue weighted by Crippen LogP contribution is -2.03. The number of rotatable bonds is 2. The summed E-state index contributed by atoms with van der Waals surface area (Å²) in [5.74, 6) is 0. The largest absolute Gasteiger partial charge is 0.256 e. The molecule has 16 heavy (non-hydrogen) atoms. The highest BCUT2D eigenvalue weighted by Gasteiger charge is 2.28. The third kappa shape index (κ3) is 1.90. The van der Waals surface area contributed by atoms with Crippen molar-refractivity contribution in [3.8, 4) is 0 Å². The van der Waals surface area contributed by atoms with Gasteiger partial charge in [-0.2, -0.15) is 15.3 Å². The number of hydrogen-bond donors (Lipinski definition) is 0. The summed E-state index contributed by atoms with van der Waals surface area (Å²) < 4.78 is 3.26. The standard InChI is InChI=1S/C10H10ClIN4/c11-9-4-3-8(14-15-9)7-5-13-16(10(7)12)6-1-2-6/h3-6,8-9H,1-2H2. The summed E-state index contributed by atoms with van der Waals surface area (Å²) in [6.07, 6.45) is 8.22. The van der Waals surface area contributed by atoms with Gasteiger partial charge in [0.1, 0.15) is 9.74 Å². The van der Waals surface area contributed by atoms with Crippen LogP contribution in [-0.2, 0) is 0 Å². The Labute approximate surface area is 112 Å². The first-order chi connectivity index (χ1) is 7.75. The van der Waals surface area contributed by atoms with Gasteiger partial charge in [0.15, 0.2) is 5.50 Å². The van der Waals surface area contributed by atoms with E-state index >= 15 is 0 Å². The molecule has 0 bridgehead atoms.